The SMILES string of the molecule is C#CC(C)OCC.CC#N.CCOC(C)[C@@H]1C(=O)N2[C@@H]1[C@H](OCc1ccccc1)[C@@H](OCc1ccccc1)[C@@H]2COCc1ccccc1.[O-][N+]1=C[C@H](OCc2ccccc2)[C@@H](OCc2ccccc2)[C@@H]1COCc1ccccc1. The molecule has 6 aromatic carbocycles. The van der Waals surface area contributed by atoms with E-state index in [1.165, 1.54) is 6.92 Å². The Balaban J connectivity index is 0.000000221. The van der Waals surface area contributed by atoms with Crippen molar-refractivity contribution in [3.8, 4) is 18.4 Å². The lowest BCUT2D eigenvalue weighted by Crippen LogP contribution is -2.66. The van der Waals surface area contributed by atoms with Gasteiger partial charge >= 0.3 is 0 Å². The molecule has 0 aliphatic carbocycles. The van der Waals surface area contributed by atoms with Gasteiger partial charge in [-0.2, -0.15) is 5.26 Å². The molecule has 2 unspecified atom stereocenters. The average Bonchev–Trinajstić information content (AvgIpc) is 4.18. The highest BCUT2D eigenvalue weighted by atomic mass is 16.6. The number of fused-ring (bicyclic) bond motifs is 1. The van der Waals surface area contributed by atoms with Crippen molar-refractivity contribution in [2.45, 2.75) is 129 Å². The number of benzene rings is 6. The van der Waals surface area contributed by atoms with E-state index in [1.54, 1.807) is 12.3 Å². The molecule has 0 saturated carbocycles. The maximum absolute atomic E-state index is 13.5. The van der Waals surface area contributed by atoms with Gasteiger partial charge in [0.1, 0.15) is 24.9 Å². The summed E-state index contributed by atoms with van der Waals surface area (Å²) in [5.41, 5.74) is 6.44. The quantitative estimate of drug-likeness (QED) is 0.0234. The first-order valence-corrected chi connectivity index (χ1v) is 27.2. The first-order valence-electron chi connectivity index (χ1n) is 27.2. The third-order valence-electron chi connectivity index (χ3n) is 13.5. The molecule has 0 bridgehead atoms. The predicted octanol–water partition coefficient (Wildman–Crippen LogP) is 10.9. The lowest BCUT2D eigenvalue weighted by molar-refractivity contribution is -0.504. The fourth-order valence-corrected chi connectivity index (χ4v) is 9.62. The molecule has 6 aromatic rings. The molecule has 3 aliphatic heterocycles. The van der Waals surface area contributed by atoms with Crippen LogP contribution in [0.5, 0.6) is 0 Å². The molecule has 0 radical (unpaired) electrons. The summed E-state index contributed by atoms with van der Waals surface area (Å²) in [5, 5.41) is 20.0. The van der Waals surface area contributed by atoms with E-state index in [2.05, 4.69) is 30.2 Å². The van der Waals surface area contributed by atoms with E-state index in [0.717, 1.165) is 38.1 Å². The zero-order chi connectivity index (χ0) is 56.0. The van der Waals surface area contributed by atoms with E-state index in [-0.39, 0.29) is 54.9 Å². The Bertz CT molecular complexity index is 2730. The minimum Gasteiger partial charge on any atom is -0.624 e. The maximum Gasteiger partial charge on any atom is 0.231 e. The van der Waals surface area contributed by atoms with Crippen molar-refractivity contribution >= 4 is 12.1 Å². The highest BCUT2D eigenvalue weighted by molar-refractivity contribution is 5.88. The number of nitriles is 1. The van der Waals surface area contributed by atoms with Crippen LogP contribution in [0.25, 0.3) is 0 Å². The van der Waals surface area contributed by atoms with Gasteiger partial charge in [-0.25, -0.2) is 4.74 Å². The molecule has 13 heteroatoms. The Hall–Kier alpha value is -7.01. The van der Waals surface area contributed by atoms with Crippen molar-refractivity contribution in [2.24, 2.45) is 5.92 Å². The molecule has 79 heavy (non-hydrogen) atoms. The summed E-state index contributed by atoms with van der Waals surface area (Å²) in [5.74, 6) is 2.26. The molecule has 2 saturated heterocycles. The third kappa shape index (κ3) is 19.1. The summed E-state index contributed by atoms with van der Waals surface area (Å²) in [4.78, 5) is 15.5. The van der Waals surface area contributed by atoms with Gasteiger partial charge in [0.15, 0.2) is 18.4 Å². The van der Waals surface area contributed by atoms with Gasteiger partial charge in [-0.1, -0.05) is 188 Å². The Morgan fingerprint density at radius 2 is 0.924 bits per heavy atom. The number of terminal acetylenes is 1. The van der Waals surface area contributed by atoms with Gasteiger partial charge in [-0.05, 0) is 61.1 Å². The largest absolute Gasteiger partial charge is 0.624 e. The number of amides is 1. The molecule has 10 atom stereocenters. The molecule has 0 N–H and O–H groups in total. The molecule has 3 heterocycles. The molecular weight excluding hydrogens is 995 g/mol. The van der Waals surface area contributed by atoms with E-state index in [4.69, 9.17) is 49.6 Å². The highest BCUT2D eigenvalue weighted by Crippen LogP contribution is 2.45. The second-order valence-corrected chi connectivity index (χ2v) is 19.1. The van der Waals surface area contributed by atoms with Gasteiger partial charge in [-0.3, -0.25) is 4.79 Å². The monoisotopic (exact) mass is 1070 g/mol. The standard InChI is InChI=1S/C32H37NO5.C26H27NO4.C6H10O.C2H3N/c1-3-36-23(2)28-29-31(38-21-26-17-11-6-12-18-26)30(37-20-25-15-9-5-10-16-25)27(33(29)32(28)34)22-35-19-24-13-7-4-8-14-24;28-27-16-25(30-18-22-12-6-2-7-13-22)26(31-19-23-14-8-3-9-15-23)24(27)20-29-17-21-10-4-1-5-11-21;1-4-6(3)7-5-2;1-2-3/h4-18,23,27-31H,3,19-22H2,1-2H3;1-16,24-26H,17-20H2;1,6H,5H2,2-3H3;1H3/t23?,27-,28-,29-,30-,31-;24-,25-,26-;;/m00../s1. The molecule has 2 fully saturated rings. The number of β-lactam (4-membered cyclic amide) rings is 1. The number of carbonyl (C=O) groups excluding carboxylic acids is 1. The van der Waals surface area contributed by atoms with Crippen LogP contribution in [0.15, 0.2) is 182 Å². The smallest absolute Gasteiger partial charge is 0.231 e. The van der Waals surface area contributed by atoms with Crippen LogP contribution in [-0.4, -0.2) is 103 Å². The fourth-order valence-electron chi connectivity index (χ4n) is 9.62. The fraction of sp³-hybridized carbons (Fsp3) is 0.379. The van der Waals surface area contributed by atoms with Crippen molar-refractivity contribution in [3.63, 3.8) is 0 Å². The molecule has 3 aliphatic rings. The summed E-state index contributed by atoms with van der Waals surface area (Å²) in [7, 11) is 0. The Morgan fingerprint density at radius 3 is 1.32 bits per heavy atom. The van der Waals surface area contributed by atoms with E-state index >= 15 is 0 Å². The van der Waals surface area contributed by atoms with Gasteiger partial charge < -0.3 is 48.0 Å². The van der Waals surface area contributed by atoms with Crippen molar-refractivity contribution in [1.29, 1.82) is 5.26 Å². The molecule has 0 spiro atoms. The number of ether oxygens (including phenoxy) is 8. The Morgan fingerprint density at radius 1 is 0.557 bits per heavy atom. The van der Waals surface area contributed by atoms with Gasteiger partial charge in [0.25, 0.3) is 0 Å². The normalized spacial score (nSPS) is 21.4. The average molecular weight is 1070 g/mol. The van der Waals surface area contributed by atoms with Crippen LogP contribution in [-0.2, 0) is 82.3 Å². The van der Waals surface area contributed by atoms with E-state index in [9.17, 15) is 10.0 Å². The summed E-state index contributed by atoms with van der Waals surface area (Å²) in [6, 6.07) is 61.0. The van der Waals surface area contributed by atoms with Crippen molar-refractivity contribution in [3.05, 3.63) is 221 Å². The van der Waals surface area contributed by atoms with Gasteiger partial charge in [-0.15, -0.1) is 6.42 Å². The molecule has 416 valence electrons. The van der Waals surface area contributed by atoms with Gasteiger partial charge in [0.05, 0.1) is 76.4 Å². The Labute approximate surface area is 468 Å². The number of nitrogens with zero attached hydrogens (tertiary/aromatic N) is 3. The number of rotatable bonds is 25. The number of hydrogen-bond donors (Lipinski definition) is 0. The number of carbonyl (C=O) groups is 1. The minimum atomic E-state index is -0.465. The van der Waals surface area contributed by atoms with E-state index in [0.29, 0.717) is 59.5 Å². The van der Waals surface area contributed by atoms with Crippen molar-refractivity contribution in [2.75, 3.05) is 26.4 Å². The third-order valence-corrected chi connectivity index (χ3v) is 13.5. The van der Waals surface area contributed by atoms with E-state index < -0.39 is 18.2 Å². The van der Waals surface area contributed by atoms with Crippen LogP contribution in [0.4, 0.5) is 0 Å². The summed E-state index contributed by atoms with van der Waals surface area (Å²) < 4.78 is 49.3. The summed E-state index contributed by atoms with van der Waals surface area (Å²) >= 11 is 0. The second kappa shape index (κ2) is 34.1. The van der Waals surface area contributed by atoms with Gasteiger partial charge in [0, 0.05) is 20.1 Å². The number of hydroxylamine groups is 1. The van der Waals surface area contributed by atoms with Crippen LogP contribution in [0.3, 0.4) is 0 Å². The van der Waals surface area contributed by atoms with Gasteiger partial charge in [0.2, 0.25) is 11.9 Å². The van der Waals surface area contributed by atoms with Crippen LogP contribution >= 0.6 is 0 Å². The second-order valence-electron chi connectivity index (χ2n) is 19.1. The summed E-state index contributed by atoms with van der Waals surface area (Å²) in [6.45, 7) is 13.7. The summed E-state index contributed by atoms with van der Waals surface area (Å²) in [6.07, 6.45) is 4.84. The first kappa shape index (κ1) is 61.2. The van der Waals surface area contributed by atoms with Crippen LogP contribution in [0.1, 0.15) is 68.0 Å². The zero-order valence-corrected chi connectivity index (χ0v) is 46.2. The lowest BCUT2D eigenvalue weighted by Gasteiger charge is -2.48. The molecular formula is C66H77N3O10. The molecule has 9 rings (SSSR count). The van der Waals surface area contributed by atoms with Crippen LogP contribution < -0.4 is 0 Å². The highest BCUT2D eigenvalue weighted by Gasteiger charge is 2.65. The molecule has 0 aromatic heterocycles. The van der Waals surface area contributed by atoms with Crippen molar-refractivity contribution < 1.29 is 47.4 Å². The van der Waals surface area contributed by atoms with Crippen molar-refractivity contribution in [1.82, 2.24) is 4.90 Å². The molecule has 1 amide bonds. The first-order chi connectivity index (χ1) is 38.7. The number of hydrogen-bond acceptors (Lipinski definition) is 11. The lowest BCUT2D eigenvalue weighted by atomic mass is 9.82. The topological polar surface area (TPSA) is 144 Å². The van der Waals surface area contributed by atoms with Crippen LogP contribution in [0.2, 0.25) is 0 Å². The zero-order valence-electron chi connectivity index (χ0n) is 46.2. The maximum atomic E-state index is 13.5. The minimum absolute atomic E-state index is 0.0231. The van der Waals surface area contributed by atoms with Crippen LogP contribution in [0, 0.1) is 34.8 Å². The predicted molar refractivity (Wildman–Crippen MR) is 306 cm³/mol. The Kier molecular flexibility index (Phi) is 26.4. The van der Waals surface area contributed by atoms with E-state index in [1.807, 2.05) is 190 Å². The molecule has 13 nitrogen and oxygen atoms in total.